The van der Waals surface area contributed by atoms with Gasteiger partial charge in [0.15, 0.2) is 6.10 Å². The molecule has 1 atom stereocenters. The van der Waals surface area contributed by atoms with Gasteiger partial charge in [-0.15, -0.1) is 0 Å². The van der Waals surface area contributed by atoms with Gasteiger partial charge in [0.05, 0.1) is 0 Å². The summed E-state index contributed by atoms with van der Waals surface area (Å²) in [6.45, 7) is 10.1. The third-order valence-corrected chi connectivity index (χ3v) is 3.57. The molecule has 4 nitrogen and oxygen atoms in total. The Morgan fingerprint density at radius 3 is 2.24 bits per heavy atom. The molecular formula is C21H25NO3. The second kappa shape index (κ2) is 8.92. The number of hydrogen-bond acceptors (Lipinski definition) is 3. The maximum atomic E-state index is 12.4. The van der Waals surface area contributed by atoms with Crippen molar-refractivity contribution in [2.24, 2.45) is 0 Å². The molecule has 4 heteroatoms. The molecule has 1 amide bonds. The fourth-order valence-corrected chi connectivity index (χ4v) is 2.17. The molecule has 2 aromatic rings. The molecule has 25 heavy (non-hydrogen) atoms. The lowest BCUT2D eigenvalue weighted by atomic mass is 10.2. The number of carbonyl (C=O) groups is 1. The van der Waals surface area contributed by atoms with E-state index in [0.717, 1.165) is 16.9 Å². The second-order valence-electron chi connectivity index (χ2n) is 6.09. The minimum absolute atomic E-state index is 0.168. The molecule has 1 N–H and O–H groups in total. The lowest BCUT2D eigenvalue weighted by Gasteiger charge is -2.17. The Balaban J connectivity index is 1.94. The van der Waals surface area contributed by atoms with E-state index < -0.39 is 6.10 Å². The van der Waals surface area contributed by atoms with E-state index in [-0.39, 0.29) is 5.91 Å². The van der Waals surface area contributed by atoms with Gasteiger partial charge in [0.25, 0.3) is 5.91 Å². The van der Waals surface area contributed by atoms with Crippen molar-refractivity contribution in [3.8, 4) is 11.5 Å². The van der Waals surface area contributed by atoms with Crippen LogP contribution in [0.4, 0.5) is 5.69 Å². The Hall–Kier alpha value is -2.75. The largest absolute Gasteiger partial charge is 0.489 e. The van der Waals surface area contributed by atoms with Gasteiger partial charge in [-0.05, 0) is 62.2 Å². The van der Waals surface area contributed by atoms with Crippen molar-refractivity contribution in [3.63, 3.8) is 0 Å². The molecule has 0 aliphatic heterocycles. The fourth-order valence-electron chi connectivity index (χ4n) is 2.17. The number of benzene rings is 2. The highest BCUT2D eigenvalue weighted by atomic mass is 16.5. The molecule has 0 aliphatic carbocycles. The lowest BCUT2D eigenvalue weighted by molar-refractivity contribution is -0.122. The molecule has 0 saturated heterocycles. The van der Waals surface area contributed by atoms with E-state index in [0.29, 0.717) is 24.5 Å². The van der Waals surface area contributed by atoms with E-state index in [9.17, 15) is 4.79 Å². The summed E-state index contributed by atoms with van der Waals surface area (Å²) in [5, 5.41) is 2.88. The van der Waals surface area contributed by atoms with Crippen LogP contribution >= 0.6 is 0 Å². The highest BCUT2D eigenvalue weighted by molar-refractivity contribution is 5.94. The average Bonchev–Trinajstić information content (AvgIpc) is 2.60. The smallest absolute Gasteiger partial charge is 0.265 e. The predicted molar refractivity (Wildman–Crippen MR) is 101 cm³/mol. The number of amides is 1. The van der Waals surface area contributed by atoms with Gasteiger partial charge < -0.3 is 14.8 Å². The molecule has 0 fully saturated rings. The first-order valence-corrected chi connectivity index (χ1v) is 8.39. The van der Waals surface area contributed by atoms with E-state index in [2.05, 4.69) is 11.9 Å². The Bertz CT molecular complexity index is 705. The highest BCUT2D eigenvalue weighted by Gasteiger charge is 2.18. The minimum atomic E-state index is -0.540. The molecule has 1 unspecified atom stereocenters. The third kappa shape index (κ3) is 5.99. The Labute approximate surface area is 149 Å². The summed E-state index contributed by atoms with van der Waals surface area (Å²) in [5.74, 6) is 1.26. The SMILES string of the molecule is C=C(C)COc1ccc(NC(=O)C(CC)Oc2ccc(C)cc2)cc1. The van der Waals surface area contributed by atoms with Gasteiger partial charge in [0, 0.05) is 5.69 Å². The first kappa shape index (κ1) is 18.6. The minimum Gasteiger partial charge on any atom is -0.489 e. The molecule has 0 radical (unpaired) electrons. The van der Waals surface area contributed by atoms with Gasteiger partial charge in [0.1, 0.15) is 18.1 Å². The molecule has 0 aromatic heterocycles. The van der Waals surface area contributed by atoms with E-state index in [1.165, 1.54) is 0 Å². The number of ether oxygens (including phenoxy) is 2. The normalized spacial score (nSPS) is 11.5. The van der Waals surface area contributed by atoms with E-state index in [1.54, 1.807) is 0 Å². The highest BCUT2D eigenvalue weighted by Crippen LogP contribution is 2.18. The fraction of sp³-hybridized carbons (Fsp3) is 0.286. The summed E-state index contributed by atoms with van der Waals surface area (Å²) in [7, 11) is 0. The maximum Gasteiger partial charge on any atom is 0.265 e. The molecular weight excluding hydrogens is 314 g/mol. The summed E-state index contributed by atoms with van der Waals surface area (Å²) in [6, 6.07) is 14.9. The Morgan fingerprint density at radius 2 is 1.68 bits per heavy atom. The van der Waals surface area contributed by atoms with Gasteiger partial charge in [-0.1, -0.05) is 31.2 Å². The summed E-state index contributed by atoms with van der Waals surface area (Å²) in [6.07, 6.45) is 0.0431. The maximum absolute atomic E-state index is 12.4. The van der Waals surface area contributed by atoms with Crippen molar-refractivity contribution in [3.05, 3.63) is 66.2 Å². The number of hydrogen-bond donors (Lipinski definition) is 1. The molecule has 2 rings (SSSR count). The standard InChI is InChI=1S/C21H25NO3/c1-5-20(25-19-10-6-16(4)7-11-19)21(23)22-17-8-12-18(13-9-17)24-14-15(2)3/h6-13,20H,2,5,14H2,1,3-4H3,(H,22,23). The quantitative estimate of drug-likeness (QED) is 0.706. The van der Waals surface area contributed by atoms with Gasteiger partial charge in [-0.25, -0.2) is 0 Å². The van der Waals surface area contributed by atoms with Gasteiger partial charge >= 0.3 is 0 Å². The molecule has 0 aliphatic rings. The van der Waals surface area contributed by atoms with Crippen molar-refractivity contribution in [2.75, 3.05) is 11.9 Å². The Morgan fingerprint density at radius 1 is 1.08 bits per heavy atom. The van der Waals surface area contributed by atoms with Crippen LogP contribution in [0, 0.1) is 6.92 Å². The van der Waals surface area contributed by atoms with E-state index in [4.69, 9.17) is 9.47 Å². The Kier molecular flexibility index (Phi) is 6.63. The first-order valence-electron chi connectivity index (χ1n) is 8.39. The van der Waals surface area contributed by atoms with Crippen LogP contribution in [0.15, 0.2) is 60.7 Å². The number of aryl methyl sites for hydroxylation is 1. The number of nitrogens with one attached hydrogen (secondary N) is 1. The molecule has 2 aromatic carbocycles. The monoisotopic (exact) mass is 339 g/mol. The predicted octanol–water partition coefficient (Wildman–Crippen LogP) is 4.75. The lowest BCUT2D eigenvalue weighted by Crippen LogP contribution is -2.32. The van der Waals surface area contributed by atoms with Gasteiger partial charge in [-0.3, -0.25) is 4.79 Å². The van der Waals surface area contributed by atoms with Crippen LogP contribution in [0.1, 0.15) is 25.8 Å². The van der Waals surface area contributed by atoms with E-state index >= 15 is 0 Å². The molecule has 0 saturated carbocycles. The van der Waals surface area contributed by atoms with Crippen LogP contribution in [0.2, 0.25) is 0 Å². The summed E-state index contributed by atoms with van der Waals surface area (Å²) in [4.78, 5) is 12.4. The zero-order valence-electron chi connectivity index (χ0n) is 15.0. The number of carbonyl (C=O) groups excluding carboxylic acids is 1. The molecule has 132 valence electrons. The molecule has 0 spiro atoms. The third-order valence-electron chi connectivity index (χ3n) is 3.57. The zero-order valence-corrected chi connectivity index (χ0v) is 15.0. The zero-order chi connectivity index (χ0) is 18.2. The van der Waals surface area contributed by atoms with Crippen LogP contribution in [0.3, 0.4) is 0 Å². The van der Waals surface area contributed by atoms with Crippen molar-refractivity contribution in [1.29, 1.82) is 0 Å². The van der Waals surface area contributed by atoms with Crippen molar-refractivity contribution >= 4 is 11.6 Å². The van der Waals surface area contributed by atoms with Crippen molar-refractivity contribution < 1.29 is 14.3 Å². The summed E-state index contributed by atoms with van der Waals surface area (Å²) < 4.78 is 11.3. The van der Waals surface area contributed by atoms with Crippen LogP contribution < -0.4 is 14.8 Å². The van der Waals surface area contributed by atoms with Crippen molar-refractivity contribution in [2.45, 2.75) is 33.3 Å². The molecule has 0 heterocycles. The second-order valence-corrected chi connectivity index (χ2v) is 6.09. The first-order chi connectivity index (χ1) is 12.0. The number of rotatable bonds is 8. The van der Waals surface area contributed by atoms with Crippen LogP contribution in [-0.4, -0.2) is 18.6 Å². The van der Waals surface area contributed by atoms with Crippen LogP contribution in [-0.2, 0) is 4.79 Å². The summed E-state index contributed by atoms with van der Waals surface area (Å²) >= 11 is 0. The van der Waals surface area contributed by atoms with Gasteiger partial charge in [0.2, 0.25) is 0 Å². The van der Waals surface area contributed by atoms with E-state index in [1.807, 2.05) is 69.3 Å². The van der Waals surface area contributed by atoms with Gasteiger partial charge in [-0.2, -0.15) is 0 Å². The number of anilines is 1. The summed E-state index contributed by atoms with van der Waals surface area (Å²) in [5.41, 5.74) is 2.81. The molecule has 0 bridgehead atoms. The van der Waals surface area contributed by atoms with Crippen LogP contribution in [0.25, 0.3) is 0 Å². The van der Waals surface area contributed by atoms with Crippen LogP contribution in [0.5, 0.6) is 11.5 Å². The van der Waals surface area contributed by atoms with Crippen molar-refractivity contribution in [1.82, 2.24) is 0 Å². The topological polar surface area (TPSA) is 47.6 Å². The average molecular weight is 339 g/mol.